The van der Waals surface area contributed by atoms with Gasteiger partial charge in [0.1, 0.15) is 30.5 Å². The summed E-state index contributed by atoms with van der Waals surface area (Å²) >= 11 is 0. The van der Waals surface area contributed by atoms with Gasteiger partial charge in [0.05, 0.1) is 19.8 Å². The monoisotopic (exact) mass is 546 g/mol. The first-order valence-corrected chi connectivity index (χ1v) is 14.8. The van der Waals surface area contributed by atoms with Crippen molar-refractivity contribution in [3.05, 3.63) is 12.2 Å². The highest BCUT2D eigenvalue weighted by Crippen LogP contribution is 2.22. The normalized spacial score (nSPS) is 24.6. The Morgan fingerprint density at radius 3 is 1.89 bits per heavy atom. The van der Waals surface area contributed by atoms with Crippen LogP contribution in [0.4, 0.5) is 0 Å². The summed E-state index contributed by atoms with van der Waals surface area (Å²) in [6.07, 6.45) is 15.0. The number of aliphatic hydroxyl groups excluding tert-OH is 5. The van der Waals surface area contributed by atoms with Crippen molar-refractivity contribution in [3.8, 4) is 0 Å². The van der Waals surface area contributed by atoms with E-state index in [1.165, 1.54) is 57.8 Å². The van der Waals surface area contributed by atoms with E-state index in [1.54, 1.807) is 0 Å². The second kappa shape index (κ2) is 22.7. The van der Waals surface area contributed by atoms with E-state index in [4.69, 9.17) is 14.2 Å². The lowest BCUT2D eigenvalue weighted by Crippen LogP contribution is -2.59. The Labute approximate surface area is 229 Å². The molecule has 1 fully saturated rings. The standard InChI is InChI=1S/C29H54O9/c1-2-3-4-5-6-7-8-9-10-11-12-13-14-15-16-17-18-19-25(32)37-23(20-30)22-36-29-28(35)27(34)26(33)24(21-31)38-29/h11-12,23-24,26-31,33-35H,2-10,13-22H2,1H3/b12-11-/t23-,24-,26-,27+,28-,29-/m1/s1. The summed E-state index contributed by atoms with van der Waals surface area (Å²) in [5, 5.41) is 48.3. The Kier molecular flexibility index (Phi) is 20.9. The molecule has 1 aliphatic rings. The molecule has 0 aliphatic carbocycles. The van der Waals surface area contributed by atoms with Crippen LogP contribution in [-0.2, 0) is 19.0 Å². The van der Waals surface area contributed by atoms with Gasteiger partial charge in [0.2, 0.25) is 0 Å². The maximum absolute atomic E-state index is 12.1. The van der Waals surface area contributed by atoms with E-state index in [1.807, 2.05) is 0 Å². The molecule has 0 saturated carbocycles. The van der Waals surface area contributed by atoms with E-state index in [-0.39, 0.29) is 13.0 Å². The van der Waals surface area contributed by atoms with Crippen molar-refractivity contribution in [2.75, 3.05) is 19.8 Å². The smallest absolute Gasteiger partial charge is 0.306 e. The quantitative estimate of drug-likeness (QED) is 0.0738. The fraction of sp³-hybridized carbons (Fsp3) is 0.897. The Morgan fingerprint density at radius 1 is 0.789 bits per heavy atom. The number of hydrogen-bond acceptors (Lipinski definition) is 9. The number of esters is 1. The molecule has 0 spiro atoms. The van der Waals surface area contributed by atoms with E-state index < -0.39 is 56.0 Å². The second-order valence-corrected chi connectivity index (χ2v) is 10.4. The van der Waals surface area contributed by atoms with E-state index in [9.17, 15) is 30.3 Å². The van der Waals surface area contributed by atoms with Gasteiger partial charge < -0.3 is 39.7 Å². The Balaban J connectivity index is 2.02. The zero-order valence-corrected chi connectivity index (χ0v) is 23.4. The zero-order chi connectivity index (χ0) is 28.0. The lowest BCUT2D eigenvalue weighted by atomic mass is 9.99. The van der Waals surface area contributed by atoms with Gasteiger partial charge in [-0.25, -0.2) is 0 Å². The van der Waals surface area contributed by atoms with Crippen LogP contribution in [0.1, 0.15) is 110 Å². The minimum absolute atomic E-state index is 0.245. The highest BCUT2D eigenvalue weighted by atomic mass is 16.7. The maximum Gasteiger partial charge on any atom is 0.306 e. The van der Waals surface area contributed by atoms with Crippen LogP contribution < -0.4 is 0 Å². The number of unbranched alkanes of at least 4 members (excludes halogenated alkanes) is 13. The molecule has 0 bridgehead atoms. The number of ether oxygens (including phenoxy) is 3. The Morgan fingerprint density at radius 2 is 1.34 bits per heavy atom. The number of carbonyl (C=O) groups excluding carboxylic acids is 1. The summed E-state index contributed by atoms with van der Waals surface area (Å²) in [4.78, 5) is 12.1. The molecule has 1 heterocycles. The third-order valence-electron chi connectivity index (χ3n) is 6.94. The highest BCUT2D eigenvalue weighted by molar-refractivity contribution is 5.69. The van der Waals surface area contributed by atoms with Crippen LogP contribution in [0.5, 0.6) is 0 Å². The summed E-state index contributed by atoms with van der Waals surface area (Å²) in [5.74, 6) is -0.439. The van der Waals surface area contributed by atoms with Gasteiger partial charge in [-0.2, -0.15) is 0 Å². The molecule has 1 aliphatic heterocycles. The van der Waals surface area contributed by atoms with Gasteiger partial charge >= 0.3 is 5.97 Å². The predicted molar refractivity (Wildman–Crippen MR) is 145 cm³/mol. The van der Waals surface area contributed by atoms with E-state index in [0.717, 1.165) is 32.1 Å². The zero-order valence-electron chi connectivity index (χ0n) is 23.4. The maximum atomic E-state index is 12.1. The summed E-state index contributed by atoms with van der Waals surface area (Å²) in [5.41, 5.74) is 0. The molecule has 0 aromatic carbocycles. The molecule has 0 radical (unpaired) electrons. The minimum atomic E-state index is -1.56. The van der Waals surface area contributed by atoms with Crippen molar-refractivity contribution in [2.24, 2.45) is 0 Å². The molecule has 1 saturated heterocycles. The van der Waals surface area contributed by atoms with Gasteiger partial charge in [-0.15, -0.1) is 0 Å². The molecule has 38 heavy (non-hydrogen) atoms. The molecule has 9 heteroatoms. The largest absolute Gasteiger partial charge is 0.457 e. The molecule has 0 unspecified atom stereocenters. The number of rotatable bonds is 23. The lowest BCUT2D eigenvalue weighted by molar-refractivity contribution is -0.305. The second-order valence-electron chi connectivity index (χ2n) is 10.4. The van der Waals surface area contributed by atoms with Crippen LogP contribution in [0.25, 0.3) is 0 Å². The first kappa shape index (κ1) is 35.0. The summed E-state index contributed by atoms with van der Waals surface area (Å²) in [7, 11) is 0. The molecule has 6 atom stereocenters. The molecule has 5 N–H and O–H groups in total. The van der Waals surface area contributed by atoms with E-state index in [0.29, 0.717) is 6.42 Å². The number of hydrogen-bond donors (Lipinski definition) is 5. The molecular formula is C29H54O9. The van der Waals surface area contributed by atoms with Crippen LogP contribution in [0, 0.1) is 0 Å². The fourth-order valence-electron chi connectivity index (χ4n) is 4.47. The number of aliphatic hydroxyl groups is 5. The first-order valence-electron chi connectivity index (χ1n) is 14.8. The van der Waals surface area contributed by atoms with Crippen molar-refractivity contribution >= 4 is 5.97 Å². The SMILES string of the molecule is CCCCCCCCCC/C=C\CCCCCCCC(=O)O[C@H](CO)CO[C@@H]1O[C@H](CO)[C@@H](O)[C@H](O)[C@H]1O. The van der Waals surface area contributed by atoms with Gasteiger partial charge in [-0.1, -0.05) is 83.3 Å². The minimum Gasteiger partial charge on any atom is -0.457 e. The van der Waals surface area contributed by atoms with Gasteiger partial charge in [-0.3, -0.25) is 4.79 Å². The fourth-order valence-corrected chi connectivity index (χ4v) is 4.47. The van der Waals surface area contributed by atoms with Crippen LogP contribution in [0.2, 0.25) is 0 Å². The lowest BCUT2D eigenvalue weighted by Gasteiger charge is -2.39. The molecule has 1 rings (SSSR count). The summed E-state index contributed by atoms with van der Waals surface area (Å²) in [6, 6.07) is 0. The third kappa shape index (κ3) is 15.5. The summed E-state index contributed by atoms with van der Waals surface area (Å²) < 4.78 is 15.8. The van der Waals surface area contributed by atoms with Crippen molar-refractivity contribution < 1.29 is 44.5 Å². The van der Waals surface area contributed by atoms with Gasteiger partial charge in [0.25, 0.3) is 0 Å². The molecule has 224 valence electrons. The Bertz CT molecular complexity index is 599. The average Bonchev–Trinajstić information content (AvgIpc) is 2.92. The molecule has 9 nitrogen and oxygen atoms in total. The van der Waals surface area contributed by atoms with Crippen LogP contribution >= 0.6 is 0 Å². The van der Waals surface area contributed by atoms with Crippen molar-refractivity contribution in [1.29, 1.82) is 0 Å². The predicted octanol–water partition coefficient (Wildman–Crippen LogP) is 3.52. The van der Waals surface area contributed by atoms with Crippen molar-refractivity contribution in [2.45, 2.75) is 146 Å². The van der Waals surface area contributed by atoms with E-state index in [2.05, 4.69) is 19.1 Å². The molecule has 0 aromatic heterocycles. The topological polar surface area (TPSA) is 146 Å². The Hall–Kier alpha value is -1.07. The molecule has 0 amide bonds. The van der Waals surface area contributed by atoms with Crippen LogP contribution in [0.3, 0.4) is 0 Å². The van der Waals surface area contributed by atoms with E-state index >= 15 is 0 Å². The van der Waals surface area contributed by atoms with Crippen LogP contribution in [-0.4, -0.2) is 88.1 Å². The third-order valence-corrected chi connectivity index (χ3v) is 6.94. The summed E-state index contributed by atoms with van der Waals surface area (Å²) in [6.45, 7) is 0.939. The molecule has 0 aromatic rings. The van der Waals surface area contributed by atoms with Gasteiger partial charge in [-0.05, 0) is 32.1 Å². The number of allylic oxidation sites excluding steroid dienone is 2. The number of carbonyl (C=O) groups is 1. The van der Waals surface area contributed by atoms with Crippen LogP contribution in [0.15, 0.2) is 12.2 Å². The molecular weight excluding hydrogens is 492 g/mol. The average molecular weight is 547 g/mol. The highest BCUT2D eigenvalue weighted by Gasteiger charge is 2.44. The van der Waals surface area contributed by atoms with Crippen molar-refractivity contribution in [3.63, 3.8) is 0 Å². The van der Waals surface area contributed by atoms with Crippen molar-refractivity contribution in [1.82, 2.24) is 0 Å². The first-order chi connectivity index (χ1) is 18.4. The van der Waals surface area contributed by atoms with Gasteiger partial charge in [0, 0.05) is 6.42 Å². The van der Waals surface area contributed by atoms with Gasteiger partial charge in [0.15, 0.2) is 6.29 Å².